The maximum atomic E-state index is 9.83. The lowest BCUT2D eigenvalue weighted by Gasteiger charge is -2.31. The van der Waals surface area contributed by atoms with Crippen LogP contribution in [0.4, 0.5) is 0 Å². The van der Waals surface area contributed by atoms with Crippen molar-refractivity contribution in [3.8, 4) is 0 Å². The van der Waals surface area contributed by atoms with Gasteiger partial charge < -0.3 is 9.84 Å². The normalized spacial score (nSPS) is 41.8. The molecule has 0 amide bonds. The predicted molar refractivity (Wildman–Crippen MR) is 55.7 cm³/mol. The van der Waals surface area contributed by atoms with Crippen LogP contribution < -0.4 is 0 Å². The lowest BCUT2D eigenvalue weighted by molar-refractivity contribution is 0.0909. The third-order valence-corrected chi connectivity index (χ3v) is 3.91. The Morgan fingerprint density at radius 2 is 2.29 bits per heavy atom. The maximum absolute atomic E-state index is 9.83. The van der Waals surface area contributed by atoms with Crippen LogP contribution in [0.2, 0.25) is 0 Å². The molecule has 0 aliphatic heterocycles. The molecule has 4 unspecified atom stereocenters. The van der Waals surface area contributed by atoms with Gasteiger partial charge >= 0.3 is 0 Å². The smallest absolute Gasteiger partial charge is 0.0949 e. The van der Waals surface area contributed by atoms with E-state index in [-0.39, 0.29) is 6.10 Å². The van der Waals surface area contributed by atoms with Crippen LogP contribution in [-0.2, 0) is 4.74 Å². The van der Waals surface area contributed by atoms with Crippen molar-refractivity contribution in [2.75, 3.05) is 7.11 Å². The van der Waals surface area contributed by atoms with Crippen molar-refractivity contribution in [3.63, 3.8) is 0 Å². The molecule has 0 aromatic rings. The average molecular weight is 196 g/mol. The quantitative estimate of drug-likeness (QED) is 0.734. The first-order chi connectivity index (χ1) is 6.76. The topological polar surface area (TPSA) is 29.5 Å². The fourth-order valence-corrected chi connectivity index (χ4v) is 3.01. The van der Waals surface area contributed by atoms with E-state index >= 15 is 0 Å². The van der Waals surface area contributed by atoms with Crippen LogP contribution in [0, 0.1) is 17.8 Å². The van der Waals surface area contributed by atoms with Crippen LogP contribution in [0.25, 0.3) is 0 Å². The summed E-state index contributed by atoms with van der Waals surface area (Å²) in [6.45, 7) is 2.19. The lowest BCUT2D eigenvalue weighted by Crippen LogP contribution is -2.27. The molecule has 2 aliphatic carbocycles. The number of hydrogen-bond acceptors (Lipinski definition) is 2. The summed E-state index contributed by atoms with van der Waals surface area (Å²) >= 11 is 0. The summed E-state index contributed by atoms with van der Waals surface area (Å²) in [7, 11) is 1.76. The molecular weight excluding hydrogens is 176 g/mol. The summed E-state index contributed by atoms with van der Waals surface area (Å²) in [6.07, 6.45) is 6.54. The fraction of sp³-hybridized carbons (Fsp3) is 0.833. The second-order valence-electron chi connectivity index (χ2n) is 4.59. The second kappa shape index (κ2) is 3.93. The van der Waals surface area contributed by atoms with E-state index in [2.05, 4.69) is 13.0 Å². The van der Waals surface area contributed by atoms with E-state index in [0.29, 0.717) is 17.8 Å². The minimum Gasteiger partial charge on any atom is -0.501 e. The van der Waals surface area contributed by atoms with Crippen LogP contribution in [0.5, 0.6) is 0 Å². The molecule has 0 spiro atoms. The summed E-state index contributed by atoms with van der Waals surface area (Å²) in [5, 5.41) is 9.83. The summed E-state index contributed by atoms with van der Waals surface area (Å²) in [4.78, 5) is 0. The van der Waals surface area contributed by atoms with Gasteiger partial charge in [-0.25, -0.2) is 0 Å². The van der Waals surface area contributed by atoms with Crippen molar-refractivity contribution in [3.05, 3.63) is 11.8 Å². The highest BCUT2D eigenvalue weighted by Crippen LogP contribution is 2.44. The maximum Gasteiger partial charge on any atom is 0.0949 e. The molecule has 2 heteroatoms. The van der Waals surface area contributed by atoms with Gasteiger partial charge in [0, 0.05) is 5.92 Å². The number of allylic oxidation sites excluding steroid dienone is 2. The molecule has 0 heterocycles. The number of hydrogen-bond donors (Lipinski definition) is 1. The first kappa shape index (κ1) is 10.0. The van der Waals surface area contributed by atoms with Gasteiger partial charge in [0.25, 0.3) is 0 Å². The van der Waals surface area contributed by atoms with E-state index in [1.54, 1.807) is 7.11 Å². The molecule has 14 heavy (non-hydrogen) atoms. The Hall–Kier alpha value is -0.500. The molecule has 0 saturated heterocycles. The molecule has 1 fully saturated rings. The van der Waals surface area contributed by atoms with Gasteiger partial charge in [0.15, 0.2) is 0 Å². The van der Waals surface area contributed by atoms with Gasteiger partial charge in [-0.1, -0.05) is 6.92 Å². The monoisotopic (exact) mass is 196 g/mol. The predicted octanol–water partition coefficient (Wildman–Crippen LogP) is 2.33. The molecule has 1 saturated carbocycles. The third kappa shape index (κ3) is 1.56. The molecule has 4 atom stereocenters. The van der Waals surface area contributed by atoms with E-state index in [1.165, 1.54) is 0 Å². The van der Waals surface area contributed by atoms with Crippen LogP contribution in [-0.4, -0.2) is 18.3 Å². The molecule has 0 bridgehead atoms. The minimum absolute atomic E-state index is 0.0660. The van der Waals surface area contributed by atoms with Crippen molar-refractivity contribution in [1.82, 2.24) is 0 Å². The summed E-state index contributed by atoms with van der Waals surface area (Å²) in [6, 6.07) is 0. The summed E-state index contributed by atoms with van der Waals surface area (Å²) < 4.78 is 5.42. The number of rotatable bonds is 2. The number of methoxy groups -OCH3 is 1. The van der Waals surface area contributed by atoms with Crippen molar-refractivity contribution in [2.24, 2.45) is 17.8 Å². The Labute approximate surface area is 86.0 Å². The van der Waals surface area contributed by atoms with Crippen LogP contribution in [0.1, 0.15) is 32.6 Å². The van der Waals surface area contributed by atoms with Gasteiger partial charge in [-0.15, -0.1) is 0 Å². The first-order valence-corrected chi connectivity index (χ1v) is 5.70. The molecule has 2 aliphatic rings. The van der Waals surface area contributed by atoms with Gasteiger partial charge in [0.2, 0.25) is 0 Å². The molecule has 2 rings (SSSR count). The molecular formula is C12H20O2. The van der Waals surface area contributed by atoms with E-state index in [1.807, 2.05) is 0 Å². The highest BCUT2D eigenvalue weighted by atomic mass is 16.5. The molecule has 0 aromatic carbocycles. The van der Waals surface area contributed by atoms with Gasteiger partial charge in [-0.3, -0.25) is 0 Å². The standard InChI is InChI=1S/C12H20O2/c1-3-8-6-10-9(4-5-11(10)13)7-12(8)14-2/h7-11,13H,3-6H2,1-2H3. The average Bonchev–Trinajstić information content (AvgIpc) is 2.58. The second-order valence-corrected chi connectivity index (χ2v) is 4.59. The Bertz CT molecular complexity index is 234. The Balaban J connectivity index is 2.16. The number of aliphatic hydroxyl groups is 1. The zero-order chi connectivity index (χ0) is 10.1. The summed E-state index contributed by atoms with van der Waals surface area (Å²) in [5.74, 6) is 2.76. The van der Waals surface area contributed by atoms with Crippen LogP contribution in [0.3, 0.4) is 0 Å². The fourth-order valence-electron chi connectivity index (χ4n) is 3.01. The van der Waals surface area contributed by atoms with Gasteiger partial charge in [0.05, 0.1) is 19.0 Å². The van der Waals surface area contributed by atoms with Crippen molar-refractivity contribution in [1.29, 1.82) is 0 Å². The van der Waals surface area contributed by atoms with E-state index in [0.717, 1.165) is 31.4 Å². The zero-order valence-electron chi connectivity index (χ0n) is 9.07. The Morgan fingerprint density at radius 3 is 2.93 bits per heavy atom. The molecule has 0 radical (unpaired) electrons. The summed E-state index contributed by atoms with van der Waals surface area (Å²) in [5.41, 5.74) is 0. The first-order valence-electron chi connectivity index (χ1n) is 5.70. The SMILES string of the molecule is CCC1CC2C(O)CCC2C=C1OC. The third-order valence-electron chi connectivity index (χ3n) is 3.91. The van der Waals surface area contributed by atoms with Crippen LogP contribution >= 0.6 is 0 Å². The van der Waals surface area contributed by atoms with E-state index in [4.69, 9.17) is 4.74 Å². The highest BCUT2D eigenvalue weighted by Gasteiger charge is 2.39. The Kier molecular flexibility index (Phi) is 2.82. The van der Waals surface area contributed by atoms with Crippen molar-refractivity contribution >= 4 is 0 Å². The zero-order valence-corrected chi connectivity index (χ0v) is 9.07. The van der Waals surface area contributed by atoms with E-state index in [9.17, 15) is 5.11 Å². The lowest BCUT2D eigenvalue weighted by atomic mass is 9.78. The van der Waals surface area contributed by atoms with Gasteiger partial charge in [0.1, 0.15) is 0 Å². The molecule has 1 N–H and O–H groups in total. The highest BCUT2D eigenvalue weighted by molar-refractivity contribution is 5.11. The van der Waals surface area contributed by atoms with E-state index < -0.39 is 0 Å². The number of aliphatic hydroxyl groups excluding tert-OH is 1. The number of fused-ring (bicyclic) bond motifs is 1. The molecule has 2 nitrogen and oxygen atoms in total. The number of ether oxygens (including phenoxy) is 1. The van der Waals surface area contributed by atoms with Gasteiger partial charge in [-0.05, 0) is 43.6 Å². The Morgan fingerprint density at radius 1 is 1.50 bits per heavy atom. The minimum atomic E-state index is -0.0660. The molecule has 0 aromatic heterocycles. The van der Waals surface area contributed by atoms with Crippen molar-refractivity contribution in [2.45, 2.75) is 38.7 Å². The van der Waals surface area contributed by atoms with Crippen LogP contribution in [0.15, 0.2) is 11.8 Å². The van der Waals surface area contributed by atoms with Gasteiger partial charge in [-0.2, -0.15) is 0 Å². The molecule has 80 valence electrons. The largest absolute Gasteiger partial charge is 0.501 e. The van der Waals surface area contributed by atoms with Crippen molar-refractivity contribution < 1.29 is 9.84 Å².